The van der Waals surface area contributed by atoms with Crippen LogP contribution in [0, 0.1) is 0 Å². The van der Waals surface area contributed by atoms with Crippen molar-refractivity contribution in [2.24, 2.45) is 0 Å². The summed E-state index contributed by atoms with van der Waals surface area (Å²) in [6.07, 6.45) is 0.00445. The number of hydrogen-bond acceptors (Lipinski definition) is 4. The SMILES string of the molecule is CC(=O)N[C@H](CC(=O)Nc1cccc(S(=O)(=O)N(C)c2ccccc2)c1)c1ccccc1. The van der Waals surface area contributed by atoms with Gasteiger partial charge < -0.3 is 10.6 Å². The van der Waals surface area contributed by atoms with Crippen LogP contribution in [-0.2, 0) is 19.6 Å². The normalized spacial score (nSPS) is 11.9. The third-order valence-electron chi connectivity index (χ3n) is 4.86. The minimum Gasteiger partial charge on any atom is -0.349 e. The lowest BCUT2D eigenvalue weighted by Gasteiger charge is -2.20. The van der Waals surface area contributed by atoms with E-state index < -0.39 is 16.1 Å². The summed E-state index contributed by atoms with van der Waals surface area (Å²) in [6, 6.07) is 23.5. The largest absolute Gasteiger partial charge is 0.349 e. The summed E-state index contributed by atoms with van der Waals surface area (Å²) in [4.78, 5) is 24.3. The van der Waals surface area contributed by atoms with Crippen molar-refractivity contribution in [3.63, 3.8) is 0 Å². The number of nitrogens with zero attached hydrogens (tertiary/aromatic N) is 1. The first-order chi connectivity index (χ1) is 15.3. The summed E-state index contributed by atoms with van der Waals surface area (Å²) in [5, 5.41) is 5.51. The van der Waals surface area contributed by atoms with Crippen molar-refractivity contribution in [3.05, 3.63) is 90.5 Å². The number of hydrogen-bond donors (Lipinski definition) is 2. The summed E-state index contributed by atoms with van der Waals surface area (Å²) in [5.41, 5.74) is 1.69. The standard InChI is InChI=1S/C24H25N3O4S/c1-18(28)25-23(19-10-5-3-6-11-19)17-24(29)26-20-12-9-15-22(16-20)32(30,31)27(2)21-13-7-4-8-14-21/h3-16,23H,17H2,1-2H3,(H,25,28)(H,26,29)/t23-/m1/s1. The molecule has 0 radical (unpaired) electrons. The molecule has 0 spiro atoms. The molecular weight excluding hydrogens is 426 g/mol. The molecular formula is C24H25N3O4S. The van der Waals surface area contributed by atoms with E-state index in [0.29, 0.717) is 11.4 Å². The molecule has 0 unspecified atom stereocenters. The number of para-hydroxylation sites is 1. The van der Waals surface area contributed by atoms with Gasteiger partial charge in [0, 0.05) is 19.7 Å². The van der Waals surface area contributed by atoms with Gasteiger partial charge in [0.25, 0.3) is 10.0 Å². The molecule has 7 nitrogen and oxygen atoms in total. The van der Waals surface area contributed by atoms with E-state index in [1.807, 2.05) is 36.4 Å². The predicted molar refractivity (Wildman–Crippen MR) is 125 cm³/mol. The number of nitrogens with one attached hydrogen (secondary N) is 2. The predicted octanol–water partition coefficient (Wildman–Crippen LogP) is 3.72. The van der Waals surface area contributed by atoms with Gasteiger partial charge in [-0.2, -0.15) is 0 Å². The summed E-state index contributed by atoms with van der Waals surface area (Å²) < 4.78 is 27.2. The maximum atomic E-state index is 13.0. The van der Waals surface area contributed by atoms with Crippen molar-refractivity contribution in [1.29, 1.82) is 0 Å². The van der Waals surface area contributed by atoms with E-state index in [1.165, 1.54) is 30.4 Å². The molecule has 3 aromatic carbocycles. The van der Waals surface area contributed by atoms with E-state index in [2.05, 4.69) is 10.6 Å². The zero-order valence-corrected chi connectivity index (χ0v) is 18.7. The smallest absolute Gasteiger partial charge is 0.264 e. The Labute approximate surface area is 188 Å². The fourth-order valence-corrected chi connectivity index (χ4v) is 4.49. The Hall–Kier alpha value is -3.65. The highest BCUT2D eigenvalue weighted by Crippen LogP contribution is 2.24. The van der Waals surface area contributed by atoms with Crippen molar-refractivity contribution >= 4 is 33.2 Å². The quantitative estimate of drug-likeness (QED) is 0.546. The first kappa shape index (κ1) is 23.0. The van der Waals surface area contributed by atoms with Gasteiger partial charge in [0.05, 0.1) is 23.0 Å². The molecule has 166 valence electrons. The Morgan fingerprint density at radius 3 is 2.16 bits per heavy atom. The second-order valence-electron chi connectivity index (χ2n) is 7.25. The first-order valence-corrected chi connectivity index (χ1v) is 11.5. The van der Waals surface area contributed by atoms with E-state index in [-0.39, 0.29) is 23.1 Å². The molecule has 1 atom stereocenters. The minimum atomic E-state index is -3.81. The van der Waals surface area contributed by atoms with E-state index in [9.17, 15) is 18.0 Å². The van der Waals surface area contributed by atoms with Crippen LogP contribution in [0.25, 0.3) is 0 Å². The van der Waals surface area contributed by atoms with Crippen LogP contribution >= 0.6 is 0 Å². The molecule has 8 heteroatoms. The number of sulfonamides is 1. The Kier molecular flexibility index (Phi) is 7.27. The Morgan fingerprint density at radius 1 is 0.906 bits per heavy atom. The van der Waals surface area contributed by atoms with Crippen LogP contribution in [0.3, 0.4) is 0 Å². The molecule has 0 heterocycles. The van der Waals surface area contributed by atoms with Gasteiger partial charge in [-0.25, -0.2) is 8.42 Å². The van der Waals surface area contributed by atoms with Crippen LogP contribution in [-0.4, -0.2) is 27.3 Å². The highest BCUT2D eigenvalue weighted by Gasteiger charge is 2.22. The van der Waals surface area contributed by atoms with E-state index in [0.717, 1.165) is 5.56 Å². The van der Waals surface area contributed by atoms with Crippen molar-refractivity contribution in [3.8, 4) is 0 Å². The van der Waals surface area contributed by atoms with E-state index in [1.54, 1.807) is 36.4 Å². The van der Waals surface area contributed by atoms with Crippen LogP contribution in [0.1, 0.15) is 24.9 Å². The fraction of sp³-hybridized carbons (Fsp3) is 0.167. The van der Waals surface area contributed by atoms with Crippen LogP contribution in [0.4, 0.5) is 11.4 Å². The Morgan fingerprint density at radius 2 is 1.53 bits per heavy atom. The molecule has 0 saturated carbocycles. The van der Waals surface area contributed by atoms with Gasteiger partial charge in [-0.05, 0) is 35.9 Å². The number of amides is 2. The van der Waals surface area contributed by atoms with E-state index >= 15 is 0 Å². The van der Waals surface area contributed by atoms with Crippen LogP contribution in [0.5, 0.6) is 0 Å². The highest BCUT2D eigenvalue weighted by molar-refractivity contribution is 7.92. The molecule has 0 fully saturated rings. The second-order valence-corrected chi connectivity index (χ2v) is 9.22. The molecule has 0 aliphatic carbocycles. The average molecular weight is 452 g/mol. The molecule has 2 N–H and O–H groups in total. The third-order valence-corrected chi connectivity index (χ3v) is 6.65. The lowest BCUT2D eigenvalue weighted by molar-refractivity contribution is -0.120. The highest BCUT2D eigenvalue weighted by atomic mass is 32.2. The van der Waals surface area contributed by atoms with Crippen molar-refractivity contribution in [1.82, 2.24) is 5.32 Å². The van der Waals surface area contributed by atoms with E-state index in [4.69, 9.17) is 0 Å². The van der Waals surface area contributed by atoms with Gasteiger partial charge in [0.1, 0.15) is 0 Å². The monoisotopic (exact) mass is 451 g/mol. The number of rotatable bonds is 8. The van der Waals surface area contributed by atoms with Gasteiger partial charge in [-0.3, -0.25) is 13.9 Å². The Bertz CT molecular complexity index is 1180. The van der Waals surface area contributed by atoms with Crippen molar-refractivity contribution in [2.75, 3.05) is 16.7 Å². The van der Waals surface area contributed by atoms with Crippen LogP contribution in [0.15, 0.2) is 89.8 Å². The molecule has 3 rings (SSSR count). The van der Waals surface area contributed by atoms with Crippen molar-refractivity contribution < 1.29 is 18.0 Å². The van der Waals surface area contributed by atoms with Gasteiger partial charge in [-0.15, -0.1) is 0 Å². The summed E-state index contributed by atoms with van der Waals surface area (Å²) >= 11 is 0. The Balaban J connectivity index is 1.76. The third kappa shape index (κ3) is 5.73. The lowest BCUT2D eigenvalue weighted by Crippen LogP contribution is -2.30. The fourth-order valence-electron chi connectivity index (χ4n) is 3.25. The van der Waals surface area contributed by atoms with Crippen LogP contribution < -0.4 is 14.9 Å². The topological polar surface area (TPSA) is 95.6 Å². The summed E-state index contributed by atoms with van der Waals surface area (Å²) in [6.45, 7) is 1.39. The van der Waals surface area contributed by atoms with Gasteiger partial charge in [0.15, 0.2) is 0 Å². The van der Waals surface area contributed by atoms with Gasteiger partial charge in [-0.1, -0.05) is 54.6 Å². The van der Waals surface area contributed by atoms with Crippen LogP contribution in [0.2, 0.25) is 0 Å². The second kappa shape index (κ2) is 10.1. The zero-order chi connectivity index (χ0) is 23.1. The average Bonchev–Trinajstić information content (AvgIpc) is 2.79. The number of anilines is 2. The number of benzene rings is 3. The molecule has 0 bridgehead atoms. The first-order valence-electron chi connectivity index (χ1n) is 10.0. The molecule has 0 aliphatic heterocycles. The molecule has 0 aromatic heterocycles. The zero-order valence-electron chi connectivity index (χ0n) is 17.9. The minimum absolute atomic E-state index is 0.00445. The lowest BCUT2D eigenvalue weighted by atomic mass is 10.0. The van der Waals surface area contributed by atoms with Crippen molar-refractivity contribution in [2.45, 2.75) is 24.3 Å². The summed E-state index contributed by atoms with van der Waals surface area (Å²) in [7, 11) is -2.33. The maximum Gasteiger partial charge on any atom is 0.264 e. The number of carbonyl (C=O) groups is 2. The molecule has 2 amide bonds. The summed E-state index contributed by atoms with van der Waals surface area (Å²) in [5.74, 6) is -0.595. The van der Waals surface area contributed by atoms with Gasteiger partial charge in [0.2, 0.25) is 11.8 Å². The molecule has 0 aliphatic rings. The number of carbonyl (C=O) groups excluding carboxylic acids is 2. The molecule has 32 heavy (non-hydrogen) atoms. The molecule has 0 saturated heterocycles. The maximum absolute atomic E-state index is 13.0. The van der Waals surface area contributed by atoms with Gasteiger partial charge >= 0.3 is 0 Å². The molecule has 3 aromatic rings.